The maximum atomic E-state index is 13.1. The second-order valence-corrected chi connectivity index (χ2v) is 7.13. The first-order valence-electron chi connectivity index (χ1n) is 9.69. The van der Waals surface area contributed by atoms with Crippen molar-refractivity contribution >= 4 is 16.7 Å². The van der Waals surface area contributed by atoms with E-state index in [9.17, 15) is 9.59 Å². The van der Waals surface area contributed by atoms with Crippen LogP contribution in [0.1, 0.15) is 21.5 Å². The number of rotatable bonds is 5. The van der Waals surface area contributed by atoms with Gasteiger partial charge in [-0.3, -0.25) is 14.2 Å². The lowest BCUT2D eigenvalue weighted by atomic mass is 10.1. The van der Waals surface area contributed by atoms with Gasteiger partial charge >= 0.3 is 0 Å². The van der Waals surface area contributed by atoms with Crippen molar-refractivity contribution in [1.82, 2.24) is 9.88 Å². The van der Waals surface area contributed by atoms with E-state index in [0.717, 1.165) is 5.56 Å². The minimum atomic E-state index is -0.228. The molecule has 1 N–H and O–H groups in total. The first-order chi connectivity index (χ1) is 14.6. The average Bonchev–Trinajstić information content (AvgIpc) is 2.79. The van der Waals surface area contributed by atoms with Crippen LogP contribution in [0.15, 0.2) is 83.8 Å². The highest BCUT2D eigenvalue weighted by Crippen LogP contribution is 2.19. The zero-order valence-electron chi connectivity index (χ0n) is 16.9. The molecule has 5 heteroatoms. The maximum Gasteiger partial charge on any atom is 0.262 e. The lowest BCUT2D eigenvalue weighted by molar-refractivity contribution is 0.0952. The standard InChI is InChI=1S/C25H22N2O3/c1-17-7-9-18(10-8-17)15-26-24(28)23-16-27(19-11-13-20(30-2)14-12-19)25(29)22-6-4-3-5-21(22)23/h3-14,16H,15H2,1-2H3,(H,26,28). The van der Waals surface area contributed by atoms with Crippen LogP contribution in [-0.4, -0.2) is 17.6 Å². The molecule has 0 spiro atoms. The number of amides is 1. The summed E-state index contributed by atoms with van der Waals surface area (Å²) < 4.78 is 6.70. The smallest absolute Gasteiger partial charge is 0.262 e. The van der Waals surface area contributed by atoms with E-state index < -0.39 is 0 Å². The lowest BCUT2D eigenvalue weighted by Crippen LogP contribution is -2.27. The van der Waals surface area contributed by atoms with E-state index in [1.54, 1.807) is 55.8 Å². The molecule has 1 amide bonds. The summed E-state index contributed by atoms with van der Waals surface area (Å²) in [5.74, 6) is 0.470. The molecule has 0 aliphatic rings. The van der Waals surface area contributed by atoms with Gasteiger partial charge in [0.1, 0.15) is 5.75 Å². The number of aromatic nitrogens is 1. The molecule has 0 aliphatic carbocycles. The van der Waals surface area contributed by atoms with Gasteiger partial charge in [-0.25, -0.2) is 0 Å². The largest absolute Gasteiger partial charge is 0.497 e. The topological polar surface area (TPSA) is 60.3 Å². The van der Waals surface area contributed by atoms with Gasteiger partial charge in [-0.15, -0.1) is 0 Å². The van der Waals surface area contributed by atoms with Gasteiger partial charge in [-0.2, -0.15) is 0 Å². The number of carbonyl (C=O) groups excluding carboxylic acids is 1. The number of carbonyl (C=O) groups is 1. The van der Waals surface area contributed by atoms with Crippen LogP contribution in [0.5, 0.6) is 5.75 Å². The Bertz CT molecular complexity index is 1260. The fourth-order valence-electron chi connectivity index (χ4n) is 3.39. The van der Waals surface area contributed by atoms with Crippen molar-refractivity contribution in [2.24, 2.45) is 0 Å². The third kappa shape index (κ3) is 3.82. The number of hydrogen-bond donors (Lipinski definition) is 1. The van der Waals surface area contributed by atoms with Crippen molar-refractivity contribution in [3.05, 3.63) is 106 Å². The Labute approximate surface area is 174 Å². The zero-order chi connectivity index (χ0) is 21.1. The summed E-state index contributed by atoms with van der Waals surface area (Å²) in [6.45, 7) is 2.44. The molecule has 4 aromatic rings. The molecule has 0 saturated carbocycles. The van der Waals surface area contributed by atoms with Crippen LogP contribution in [0.25, 0.3) is 16.5 Å². The number of hydrogen-bond acceptors (Lipinski definition) is 3. The molecular weight excluding hydrogens is 376 g/mol. The van der Waals surface area contributed by atoms with Gasteiger partial charge in [0, 0.05) is 29.2 Å². The summed E-state index contributed by atoms with van der Waals surface area (Å²) in [6, 6.07) is 22.4. The number of nitrogens with one attached hydrogen (secondary N) is 1. The van der Waals surface area contributed by atoms with Crippen molar-refractivity contribution in [1.29, 1.82) is 0 Å². The second kappa shape index (κ2) is 8.25. The molecule has 0 unspecified atom stereocenters. The van der Waals surface area contributed by atoms with Crippen LogP contribution in [0.3, 0.4) is 0 Å². The van der Waals surface area contributed by atoms with E-state index in [2.05, 4.69) is 5.32 Å². The summed E-state index contributed by atoms with van der Waals surface area (Å²) in [5.41, 5.74) is 3.13. The van der Waals surface area contributed by atoms with Crippen molar-refractivity contribution in [2.75, 3.05) is 7.11 Å². The highest BCUT2D eigenvalue weighted by atomic mass is 16.5. The summed E-state index contributed by atoms with van der Waals surface area (Å²) in [7, 11) is 1.59. The fraction of sp³-hybridized carbons (Fsp3) is 0.120. The highest BCUT2D eigenvalue weighted by molar-refractivity contribution is 6.06. The predicted octanol–water partition coefficient (Wildman–Crippen LogP) is 4.24. The van der Waals surface area contributed by atoms with Gasteiger partial charge in [0.25, 0.3) is 11.5 Å². The molecular formula is C25H22N2O3. The van der Waals surface area contributed by atoms with Crippen molar-refractivity contribution in [3.63, 3.8) is 0 Å². The molecule has 150 valence electrons. The fourth-order valence-corrected chi connectivity index (χ4v) is 3.39. The van der Waals surface area contributed by atoms with Crippen molar-refractivity contribution in [2.45, 2.75) is 13.5 Å². The van der Waals surface area contributed by atoms with E-state index >= 15 is 0 Å². The third-order valence-corrected chi connectivity index (χ3v) is 5.09. The summed E-state index contributed by atoms with van der Waals surface area (Å²) >= 11 is 0. The van der Waals surface area contributed by atoms with E-state index in [-0.39, 0.29) is 11.5 Å². The Balaban J connectivity index is 1.74. The predicted molar refractivity (Wildman–Crippen MR) is 118 cm³/mol. The Hall–Kier alpha value is -3.86. The van der Waals surface area contributed by atoms with E-state index in [0.29, 0.717) is 34.3 Å². The molecule has 0 radical (unpaired) electrons. The molecule has 1 heterocycles. The van der Waals surface area contributed by atoms with Crippen molar-refractivity contribution in [3.8, 4) is 11.4 Å². The first-order valence-corrected chi connectivity index (χ1v) is 9.69. The normalized spacial score (nSPS) is 10.7. The van der Waals surface area contributed by atoms with Crippen LogP contribution in [0.4, 0.5) is 0 Å². The Morgan fingerprint density at radius 2 is 1.60 bits per heavy atom. The summed E-state index contributed by atoms with van der Waals surface area (Å²) in [6.07, 6.45) is 1.61. The van der Waals surface area contributed by atoms with Crippen LogP contribution >= 0.6 is 0 Å². The molecule has 1 aromatic heterocycles. The van der Waals surface area contributed by atoms with Gasteiger partial charge in [0.15, 0.2) is 0 Å². The summed E-state index contributed by atoms with van der Waals surface area (Å²) in [5, 5.41) is 4.10. The second-order valence-electron chi connectivity index (χ2n) is 7.13. The summed E-state index contributed by atoms with van der Waals surface area (Å²) in [4.78, 5) is 26.1. The molecule has 0 fully saturated rings. The Kier molecular flexibility index (Phi) is 5.35. The Morgan fingerprint density at radius 3 is 2.27 bits per heavy atom. The number of pyridine rings is 1. The van der Waals surface area contributed by atoms with Gasteiger partial charge in [-0.1, -0.05) is 48.0 Å². The molecule has 30 heavy (non-hydrogen) atoms. The van der Waals surface area contributed by atoms with Crippen LogP contribution in [0.2, 0.25) is 0 Å². The van der Waals surface area contributed by atoms with Crippen LogP contribution in [0, 0.1) is 6.92 Å². The SMILES string of the molecule is COc1ccc(-n2cc(C(=O)NCc3ccc(C)cc3)c3ccccc3c2=O)cc1. The number of ether oxygens (including phenoxy) is 1. The molecule has 0 saturated heterocycles. The van der Waals surface area contributed by atoms with Gasteiger partial charge in [0.05, 0.1) is 12.7 Å². The number of benzene rings is 3. The number of fused-ring (bicyclic) bond motifs is 1. The number of nitrogens with zero attached hydrogens (tertiary/aromatic N) is 1. The Morgan fingerprint density at radius 1 is 0.933 bits per heavy atom. The lowest BCUT2D eigenvalue weighted by Gasteiger charge is -2.13. The molecule has 5 nitrogen and oxygen atoms in total. The quantitative estimate of drug-likeness (QED) is 0.547. The maximum absolute atomic E-state index is 13.1. The van der Waals surface area contributed by atoms with E-state index in [4.69, 9.17) is 4.74 Å². The number of aryl methyl sites for hydroxylation is 1. The van der Waals surface area contributed by atoms with E-state index in [1.165, 1.54) is 10.1 Å². The number of methoxy groups -OCH3 is 1. The first kappa shape index (κ1) is 19.5. The van der Waals surface area contributed by atoms with Gasteiger partial charge in [0.2, 0.25) is 0 Å². The van der Waals surface area contributed by atoms with Crippen LogP contribution < -0.4 is 15.6 Å². The third-order valence-electron chi connectivity index (χ3n) is 5.09. The van der Waals surface area contributed by atoms with Gasteiger partial charge < -0.3 is 10.1 Å². The zero-order valence-corrected chi connectivity index (χ0v) is 16.9. The van der Waals surface area contributed by atoms with Crippen molar-refractivity contribution < 1.29 is 9.53 Å². The molecule has 0 bridgehead atoms. The van der Waals surface area contributed by atoms with E-state index in [1.807, 2.05) is 37.3 Å². The van der Waals surface area contributed by atoms with Crippen LogP contribution in [-0.2, 0) is 6.54 Å². The highest BCUT2D eigenvalue weighted by Gasteiger charge is 2.15. The minimum absolute atomic E-state index is 0.175. The molecule has 0 aliphatic heterocycles. The molecule has 0 atom stereocenters. The molecule has 3 aromatic carbocycles. The average molecular weight is 398 g/mol. The molecule has 4 rings (SSSR count). The van der Waals surface area contributed by atoms with Gasteiger partial charge in [-0.05, 0) is 42.8 Å². The monoisotopic (exact) mass is 398 g/mol. The minimum Gasteiger partial charge on any atom is -0.497 e.